The third-order valence-corrected chi connectivity index (χ3v) is 6.42. The first-order valence-corrected chi connectivity index (χ1v) is 11.7. The highest BCUT2D eigenvalue weighted by molar-refractivity contribution is 6.14. The second kappa shape index (κ2) is 9.64. The zero-order valence-electron chi connectivity index (χ0n) is 19.9. The summed E-state index contributed by atoms with van der Waals surface area (Å²) in [6.45, 7) is 6.19. The van der Waals surface area contributed by atoms with Gasteiger partial charge >= 0.3 is 6.03 Å². The van der Waals surface area contributed by atoms with Gasteiger partial charge in [0.05, 0.1) is 24.4 Å². The molecule has 3 aromatic carbocycles. The minimum atomic E-state index is -0.349. The van der Waals surface area contributed by atoms with Gasteiger partial charge in [0, 0.05) is 29.7 Å². The number of carbonyl (C=O) groups excluding carboxylic acids is 2. The van der Waals surface area contributed by atoms with Gasteiger partial charge < -0.3 is 25.3 Å². The summed E-state index contributed by atoms with van der Waals surface area (Å²) >= 11 is 0. The number of nitrogens with zero attached hydrogens (tertiary/aromatic N) is 1. The Morgan fingerprint density at radius 1 is 0.886 bits per heavy atom. The molecule has 4 aromatic rings. The molecule has 0 unspecified atom stereocenters. The Labute approximate surface area is 204 Å². The zero-order chi connectivity index (χ0) is 24.4. The Balaban J connectivity index is 1.52. The number of aromatic nitrogens is 1. The molecule has 7 heteroatoms. The number of benzene rings is 3. The number of morpholine rings is 1. The number of urea groups is 1. The molecule has 1 aromatic heterocycles. The fraction of sp³-hybridized carbons (Fsp3) is 0.214. The lowest BCUT2D eigenvalue weighted by molar-refractivity contribution is 0.0300. The second-order valence-corrected chi connectivity index (χ2v) is 8.75. The summed E-state index contributed by atoms with van der Waals surface area (Å²) in [6, 6.07) is 21.0. The Morgan fingerprint density at radius 3 is 2.40 bits per heavy atom. The van der Waals surface area contributed by atoms with E-state index < -0.39 is 0 Å². The number of ether oxygens (including phenoxy) is 1. The van der Waals surface area contributed by atoms with E-state index in [0.717, 1.165) is 33.3 Å². The number of amides is 3. The maximum atomic E-state index is 13.5. The molecule has 3 N–H and O–H groups in total. The monoisotopic (exact) mass is 468 g/mol. The third-order valence-electron chi connectivity index (χ3n) is 6.42. The summed E-state index contributed by atoms with van der Waals surface area (Å²) in [5.41, 5.74) is 6.57. The molecule has 0 bridgehead atoms. The Kier molecular flexibility index (Phi) is 6.25. The molecule has 0 saturated carbocycles. The third kappa shape index (κ3) is 4.63. The van der Waals surface area contributed by atoms with Crippen molar-refractivity contribution < 1.29 is 14.3 Å². The van der Waals surface area contributed by atoms with Gasteiger partial charge in [-0.15, -0.1) is 0 Å². The van der Waals surface area contributed by atoms with Gasteiger partial charge in [0.15, 0.2) is 0 Å². The average Bonchev–Trinajstić information content (AvgIpc) is 3.27. The molecular weight excluding hydrogens is 440 g/mol. The summed E-state index contributed by atoms with van der Waals surface area (Å²) in [5.74, 6) is -0.0751. The van der Waals surface area contributed by atoms with Crippen LogP contribution >= 0.6 is 0 Å². The summed E-state index contributed by atoms with van der Waals surface area (Å²) in [5, 5.41) is 6.72. The van der Waals surface area contributed by atoms with E-state index >= 15 is 0 Å². The number of nitrogens with one attached hydrogen (secondary N) is 3. The SMILES string of the molecule is Cc1ccc(NC(=O)Nc2cccc3c(-c4ccccc4)c(C(=O)N4CCOCC4)[nH]c23)cc1C. The normalized spacial score (nSPS) is 13.6. The van der Waals surface area contributed by atoms with Gasteiger partial charge in [0.25, 0.3) is 5.91 Å². The molecule has 1 fully saturated rings. The smallest absolute Gasteiger partial charge is 0.323 e. The number of aryl methyl sites for hydroxylation is 2. The minimum absolute atomic E-state index is 0.0751. The van der Waals surface area contributed by atoms with Crippen LogP contribution in [0, 0.1) is 13.8 Å². The van der Waals surface area contributed by atoms with Crippen molar-refractivity contribution in [2.45, 2.75) is 13.8 Å². The van der Waals surface area contributed by atoms with Crippen LogP contribution < -0.4 is 10.6 Å². The van der Waals surface area contributed by atoms with Crippen LogP contribution in [-0.4, -0.2) is 48.1 Å². The van der Waals surface area contributed by atoms with Crippen LogP contribution in [-0.2, 0) is 4.74 Å². The van der Waals surface area contributed by atoms with Crippen molar-refractivity contribution in [2.24, 2.45) is 0 Å². The van der Waals surface area contributed by atoms with Crippen LogP contribution in [0.5, 0.6) is 0 Å². The van der Waals surface area contributed by atoms with Gasteiger partial charge in [-0.2, -0.15) is 0 Å². The van der Waals surface area contributed by atoms with Gasteiger partial charge in [0.1, 0.15) is 5.69 Å². The lowest BCUT2D eigenvalue weighted by Crippen LogP contribution is -2.41. The van der Waals surface area contributed by atoms with E-state index in [2.05, 4.69) is 15.6 Å². The van der Waals surface area contributed by atoms with Gasteiger partial charge in [0.2, 0.25) is 0 Å². The number of para-hydroxylation sites is 1. The van der Waals surface area contributed by atoms with Crippen molar-refractivity contribution in [3.05, 3.63) is 83.6 Å². The highest BCUT2D eigenvalue weighted by Crippen LogP contribution is 2.36. The molecule has 5 rings (SSSR count). The molecule has 3 amide bonds. The van der Waals surface area contributed by atoms with Gasteiger partial charge in [-0.05, 0) is 48.7 Å². The maximum absolute atomic E-state index is 13.5. The molecule has 35 heavy (non-hydrogen) atoms. The van der Waals surface area contributed by atoms with E-state index in [0.29, 0.717) is 43.2 Å². The molecular formula is C28H28N4O3. The lowest BCUT2D eigenvalue weighted by atomic mass is 10.0. The number of hydrogen-bond acceptors (Lipinski definition) is 3. The molecule has 2 heterocycles. The average molecular weight is 469 g/mol. The van der Waals surface area contributed by atoms with Gasteiger partial charge in [-0.3, -0.25) is 4.79 Å². The van der Waals surface area contributed by atoms with E-state index in [1.54, 1.807) is 4.90 Å². The first-order chi connectivity index (χ1) is 17.0. The maximum Gasteiger partial charge on any atom is 0.323 e. The van der Waals surface area contributed by atoms with E-state index in [1.807, 2.05) is 80.6 Å². The number of aromatic amines is 1. The molecule has 0 spiro atoms. The number of H-pyrrole nitrogens is 1. The van der Waals surface area contributed by atoms with E-state index in [9.17, 15) is 9.59 Å². The summed E-state index contributed by atoms with van der Waals surface area (Å²) in [4.78, 5) is 31.5. The highest BCUT2D eigenvalue weighted by Gasteiger charge is 2.26. The van der Waals surface area contributed by atoms with Crippen LogP contribution in [0.25, 0.3) is 22.0 Å². The number of carbonyl (C=O) groups is 2. The fourth-order valence-corrected chi connectivity index (χ4v) is 4.42. The first kappa shape index (κ1) is 22.7. The zero-order valence-corrected chi connectivity index (χ0v) is 19.9. The Bertz CT molecular complexity index is 1390. The molecule has 1 aliphatic rings. The summed E-state index contributed by atoms with van der Waals surface area (Å²) < 4.78 is 5.43. The van der Waals surface area contributed by atoms with Gasteiger partial charge in [-0.25, -0.2) is 4.79 Å². The molecule has 0 aliphatic carbocycles. The van der Waals surface area contributed by atoms with E-state index in [4.69, 9.17) is 4.74 Å². The minimum Gasteiger partial charge on any atom is -0.378 e. The van der Waals surface area contributed by atoms with E-state index in [-0.39, 0.29) is 11.9 Å². The van der Waals surface area contributed by atoms with Crippen LogP contribution in [0.3, 0.4) is 0 Å². The Morgan fingerprint density at radius 2 is 1.66 bits per heavy atom. The molecule has 178 valence electrons. The van der Waals surface area contributed by atoms with Crippen molar-refractivity contribution in [1.82, 2.24) is 9.88 Å². The van der Waals surface area contributed by atoms with Crippen molar-refractivity contribution in [1.29, 1.82) is 0 Å². The number of anilines is 2. The van der Waals surface area contributed by atoms with Crippen LogP contribution in [0.4, 0.5) is 16.2 Å². The second-order valence-electron chi connectivity index (χ2n) is 8.75. The van der Waals surface area contributed by atoms with Crippen molar-refractivity contribution in [2.75, 3.05) is 36.9 Å². The van der Waals surface area contributed by atoms with Gasteiger partial charge in [-0.1, -0.05) is 48.5 Å². The highest BCUT2D eigenvalue weighted by atomic mass is 16.5. The van der Waals surface area contributed by atoms with Crippen molar-refractivity contribution in [3.63, 3.8) is 0 Å². The summed E-state index contributed by atoms with van der Waals surface area (Å²) in [7, 11) is 0. The standard InChI is InChI=1S/C28H28N4O3/c1-18-11-12-21(17-19(18)2)29-28(34)30-23-10-6-9-22-24(20-7-4-3-5-8-20)26(31-25(22)23)27(33)32-13-15-35-16-14-32/h3-12,17,31H,13-16H2,1-2H3,(H2,29,30,34). The van der Waals surface area contributed by atoms with Crippen molar-refractivity contribution >= 4 is 34.2 Å². The first-order valence-electron chi connectivity index (χ1n) is 11.7. The molecule has 0 radical (unpaired) electrons. The molecule has 1 saturated heterocycles. The number of fused-ring (bicyclic) bond motifs is 1. The van der Waals surface area contributed by atoms with E-state index in [1.165, 1.54) is 0 Å². The predicted octanol–water partition coefficient (Wildman–Crippen LogP) is 5.57. The lowest BCUT2D eigenvalue weighted by Gasteiger charge is -2.26. The van der Waals surface area contributed by atoms with Crippen LogP contribution in [0.15, 0.2) is 66.7 Å². The number of rotatable bonds is 4. The van der Waals surface area contributed by atoms with Crippen LogP contribution in [0.1, 0.15) is 21.6 Å². The number of hydrogen-bond donors (Lipinski definition) is 3. The molecule has 1 aliphatic heterocycles. The van der Waals surface area contributed by atoms with Crippen molar-refractivity contribution in [3.8, 4) is 11.1 Å². The molecule has 0 atom stereocenters. The Hall–Kier alpha value is -4.10. The quantitative estimate of drug-likeness (QED) is 0.366. The summed E-state index contributed by atoms with van der Waals surface area (Å²) in [6.07, 6.45) is 0. The fourth-order valence-electron chi connectivity index (χ4n) is 4.42. The predicted molar refractivity (Wildman–Crippen MR) is 139 cm³/mol. The van der Waals surface area contributed by atoms with Crippen LogP contribution in [0.2, 0.25) is 0 Å². The topological polar surface area (TPSA) is 86.5 Å². The molecule has 7 nitrogen and oxygen atoms in total. The largest absolute Gasteiger partial charge is 0.378 e.